The Morgan fingerprint density at radius 2 is 1.63 bits per heavy atom. The number of piperidine rings is 1. The molecule has 1 saturated heterocycles. The number of carbonyl (C=O) groups is 1. The second kappa shape index (κ2) is 6.35. The highest BCUT2D eigenvalue weighted by Crippen LogP contribution is 2.46. The maximum absolute atomic E-state index is 14.2. The van der Waals surface area contributed by atoms with Crippen LogP contribution in [0.1, 0.15) is 29.6 Å². The van der Waals surface area contributed by atoms with Crippen LogP contribution in [0.15, 0.2) is 41.3 Å². The van der Waals surface area contributed by atoms with Gasteiger partial charge in [-0.05, 0) is 43.2 Å². The van der Waals surface area contributed by atoms with E-state index in [0.29, 0.717) is 0 Å². The molecule has 1 saturated carbocycles. The molecule has 5 nitrogen and oxygen atoms in total. The van der Waals surface area contributed by atoms with Crippen molar-refractivity contribution in [2.75, 3.05) is 5.32 Å². The van der Waals surface area contributed by atoms with Gasteiger partial charge in [0.05, 0.1) is 0 Å². The number of halogens is 3. The monoisotopic (exact) mass is 396 g/mol. The van der Waals surface area contributed by atoms with Crippen molar-refractivity contribution in [1.29, 1.82) is 0 Å². The summed E-state index contributed by atoms with van der Waals surface area (Å²) in [7, 11) is -4.03. The molecule has 1 heterocycles. The summed E-state index contributed by atoms with van der Waals surface area (Å²) in [5.41, 5.74) is -0.111. The largest absolute Gasteiger partial charge is 0.322 e. The minimum Gasteiger partial charge on any atom is -0.322 e. The topological polar surface area (TPSA) is 66.2 Å². The van der Waals surface area contributed by atoms with E-state index in [0.717, 1.165) is 55.7 Å². The van der Waals surface area contributed by atoms with Crippen LogP contribution in [0.3, 0.4) is 0 Å². The molecule has 2 aliphatic rings. The zero-order chi connectivity index (χ0) is 19.3. The van der Waals surface area contributed by atoms with Gasteiger partial charge in [-0.2, -0.15) is 4.31 Å². The zero-order valence-electron chi connectivity index (χ0n) is 14.0. The van der Waals surface area contributed by atoms with Gasteiger partial charge in [0.25, 0.3) is 5.91 Å². The van der Waals surface area contributed by atoms with Gasteiger partial charge >= 0.3 is 0 Å². The number of carbonyl (C=O) groups excluding carboxylic acids is 1. The molecule has 1 aliphatic carbocycles. The number of benzene rings is 2. The first-order valence-corrected chi connectivity index (χ1v) is 9.82. The van der Waals surface area contributed by atoms with Crippen LogP contribution < -0.4 is 5.32 Å². The third-order valence-corrected chi connectivity index (χ3v) is 6.90. The first-order chi connectivity index (χ1) is 12.8. The van der Waals surface area contributed by atoms with Gasteiger partial charge in [0.1, 0.15) is 10.7 Å². The molecule has 0 spiro atoms. The fourth-order valence-corrected chi connectivity index (χ4v) is 5.54. The second-order valence-electron chi connectivity index (χ2n) is 6.63. The quantitative estimate of drug-likeness (QED) is 0.807. The fourth-order valence-electron chi connectivity index (χ4n) is 3.57. The molecule has 9 heteroatoms. The number of hydrogen-bond donors (Lipinski definition) is 1. The maximum atomic E-state index is 14.2. The molecule has 2 atom stereocenters. The van der Waals surface area contributed by atoms with Gasteiger partial charge in [-0.1, -0.05) is 6.42 Å². The van der Waals surface area contributed by atoms with Crippen LogP contribution in [0.4, 0.5) is 18.9 Å². The highest BCUT2D eigenvalue weighted by atomic mass is 32.2. The number of amides is 1. The minimum absolute atomic E-state index is 0.00638. The Hall–Kier alpha value is -2.39. The number of anilines is 1. The Bertz CT molecular complexity index is 1030. The summed E-state index contributed by atoms with van der Waals surface area (Å²) < 4.78 is 67.1. The third kappa shape index (κ3) is 3.10. The Morgan fingerprint density at radius 1 is 0.963 bits per heavy atom. The second-order valence-corrected chi connectivity index (χ2v) is 8.44. The van der Waals surface area contributed by atoms with E-state index in [2.05, 4.69) is 5.32 Å². The molecule has 2 unspecified atom stereocenters. The van der Waals surface area contributed by atoms with Crippen LogP contribution >= 0.6 is 0 Å². The highest BCUT2D eigenvalue weighted by molar-refractivity contribution is 7.89. The van der Waals surface area contributed by atoms with Crippen LogP contribution in [0.2, 0.25) is 0 Å². The van der Waals surface area contributed by atoms with Crippen molar-refractivity contribution >= 4 is 21.6 Å². The average Bonchev–Trinajstić information content (AvgIpc) is 3.14. The van der Waals surface area contributed by atoms with Crippen molar-refractivity contribution in [3.05, 3.63) is 59.4 Å². The molecule has 4 rings (SSSR count). The third-order valence-electron chi connectivity index (χ3n) is 4.93. The first kappa shape index (κ1) is 18.0. The lowest BCUT2D eigenvalue weighted by Gasteiger charge is -2.12. The summed E-state index contributed by atoms with van der Waals surface area (Å²) in [5.74, 6) is -3.90. The van der Waals surface area contributed by atoms with Crippen LogP contribution in [0.25, 0.3) is 0 Å². The summed E-state index contributed by atoms with van der Waals surface area (Å²) in [5, 5.41) is 2.33. The molecule has 142 valence electrons. The molecule has 2 aromatic carbocycles. The average molecular weight is 396 g/mol. The summed E-state index contributed by atoms with van der Waals surface area (Å²) in [6, 6.07) is 5.64. The predicted molar refractivity (Wildman–Crippen MR) is 91.2 cm³/mol. The van der Waals surface area contributed by atoms with Crippen molar-refractivity contribution in [3.8, 4) is 0 Å². The lowest BCUT2D eigenvalue weighted by Crippen LogP contribution is -2.20. The van der Waals surface area contributed by atoms with E-state index in [1.165, 1.54) is 4.31 Å². The van der Waals surface area contributed by atoms with Gasteiger partial charge in [0.15, 0.2) is 11.6 Å². The molecular formula is C18H15F3N2O3S. The molecule has 0 bridgehead atoms. The Morgan fingerprint density at radius 3 is 2.30 bits per heavy atom. The molecule has 0 radical (unpaired) electrons. The molecule has 0 aromatic heterocycles. The summed E-state index contributed by atoms with van der Waals surface area (Å²) in [6.07, 6.45) is 2.45. The smallest absolute Gasteiger partial charge is 0.255 e. The number of fused-ring (bicyclic) bond motifs is 1. The lowest BCUT2D eigenvalue weighted by atomic mass is 10.2. The Kier molecular flexibility index (Phi) is 4.23. The van der Waals surface area contributed by atoms with Gasteiger partial charge in [0, 0.05) is 29.4 Å². The van der Waals surface area contributed by atoms with E-state index < -0.39 is 38.3 Å². The molecule has 2 fully saturated rings. The standard InChI is InChI=1S/C18H15F3N2O3S/c19-12-7-5-11(9-14(12)21)22-18(24)10-4-6-13(20)17(8-10)27(25,26)23-15-2-1-3-16(15)23/h4-9,15-16H,1-3H2,(H,22,24). The molecule has 2 aromatic rings. The van der Waals surface area contributed by atoms with E-state index >= 15 is 0 Å². The molecular weight excluding hydrogens is 381 g/mol. The number of rotatable bonds is 4. The fraction of sp³-hybridized carbons (Fsp3) is 0.278. The molecule has 1 amide bonds. The summed E-state index contributed by atoms with van der Waals surface area (Å²) in [6.45, 7) is 0. The van der Waals surface area contributed by atoms with Crippen molar-refractivity contribution in [1.82, 2.24) is 4.31 Å². The zero-order valence-corrected chi connectivity index (χ0v) is 14.8. The molecule has 1 N–H and O–H groups in total. The van der Waals surface area contributed by atoms with Crippen molar-refractivity contribution in [2.45, 2.75) is 36.2 Å². The van der Waals surface area contributed by atoms with Crippen molar-refractivity contribution in [2.24, 2.45) is 0 Å². The number of sulfonamides is 1. The molecule has 1 aliphatic heterocycles. The van der Waals surface area contributed by atoms with Crippen molar-refractivity contribution in [3.63, 3.8) is 0 Å². The van der Waals surface area contributed by atoms with Crippen molar-refractivity contribution < 1.29 is 26.4 Å². The maximum Gasteiger partial charge on any atom is 0.255 e. The van der Waals surface area contributed by atoms with Crippen LogP contribution in [-0.2, 0) is 10.0 Å². The number of nitrogens with zero attached hydrogens (tertiary/aromatic N) is 1. The first-order valence-electron chi connectivity index (χ1n) is 8.38. The molecule has 27 heavy (non-hydrogen) atoms. The number of hydrogen-bond acceptors (Lipinski definition) is 3. The number of nitrogens with one attached hydrogen (secondary N) is 1. The van der Waals surface area contributed by atoms with Crippen LogP contribution in [-0.4, -0.2) is 30.7 Å². The van der Waals surface area contributed by atoms with Gasteiger partial charge in [-0.3, -0.25) is 4.79 Å². The van der Waals surface area contributed by atoms with E-state index in [9.17, 15) is 26.4 Å². The van der Waals surface area contributed by atoms with E-state index in [1.807, 2.05) is 0 Å². The summed E-state index contributed by atoms with van der Waals surface area (Å²) in [4.78, 5) is 11.8. The van der Waals surface area contributed by atoms with Gasteiger partial charge in [-0.15, -0.1) is 0 Å². The lowest BCUT2D eigenvalue weighted by molar-refractivity contribution is 0.102. The predicted octanol–water partition coefficient (Wildman–Crippen LogP) is 3.28. The Balaban J connectivity index is 1.60. The Labute approximate surface area is 153 Å². The normalized spacial score (nSPS) is 23.7. The van der Waals surface area contributed by atoms with Crippen LogP contribution in [0, 0.1) is 17.5 Å². The highest BCUT2D eigenvalue weighted by Gasteiger charge is 2.57. The van der Waals surface area contributed by atoms with Crippen LogP contribution in [0.5, 0.6) is 0 Å². The van der Waals surface area contributed by atoms with Gasteiger partial charge in [0.2, 0.25) is 10.0 Å². The minimum atomic E-state index is -4.03. The summed E-state index contributed by atoms with van der Waals surface area (Å²) >= 11 is 0. The van der Waals surface area contributed by atoms with E-state index in [1.54, 1.807) is 0 Å². The van der Waals surface area contributed by atoms with Gasteiger partial charge in [-0.25, -0.2) is 21.6 Å². The SMILES string of the molecule is O=C(Nc1ccc(F)c(F)c1)c1ccc(F)c(S(=O)(=O)N2C3CCCC32)c1. The van der Waals surface area contributed by atoms with E-state index in [4.69, 9.17) is 0 Å². The van der Waals surface area contributed by atoms with Gasteiger partial charge < -0.3 is 5.32 Å². The van der Waals surface area contributed by atoms with E-state index in [-0.39, 0.29) is 23.3 Å².